The van der Waals surface area contributed by atoms with Crippen LogP contribution in [0.25, 0.3) is 0 Å². The summed E-state index contributed by atoms with van der Waals surface area (Å²) in [7, 11) is 0. The number of rotatable bonds is 11. The van der Waals surface area contributed by atoms with Crippen LogP contribution in [0.1, 0.15) is 113 Å². The minimum absolute atomic E-state index is 0.0319. The normalized spacial score (nSPS) is 54.8. The topological polar surface area (TPSA) is 354 Å². The van der Waals surface area contributed by atoms with Crippen LogP contribution in [0.15, 0.2) is 11.6 Å². The number of aliphatic hydroxyl groups is 13. The lowest BCUT2D eigenvalue weighted by Crippen LogP contribution is -2.67. The molecule has 0 spiro atoms. The summed E-state index contributed by atoms with van der Waals surface area (Å²) in [6.45, 7) is 13.2. The SMILES string of the molecule is C[C@@H]1O[C@@H](O[C@H]2[C@H](O)[C@@H](O)[C@H](OC[C@H]3O[C@@H](OC(=O)[C@]45CCC(C)(C)C[C@H]4C4=CCC6[C@@]7(C)CC[C@H](O[C@@H]8OC[C@H](O)[C@H](O)[C@H]8O)[C@@](C)(CO)C7CC[C@@]6(C)[C@]4(C)CC5)[C@H](O)[C@@H](O)[C@@H]3O)O[C@@H]2CO)[C@H](O)[C@H](O)[C@H]1O. The first-order valence-electron chi connectivity index (χ1n) is 27.3. The van der Waals surface area contributed by atoms with Gasteiger partial charge in [-0.3, -0.25) is 4.79 Å². The Morgan fingerprint density at radius 3 is 1.97 bits per heavy atom. The van der Waals surface area contributed by atoms with Gasteiger partial charge in [-0.2, -0.15) is 0 Å². The molecule has 5 aliphatic carbocycles. The van der Waals surface area contributed by atoms with E-state index in [1.807, 2.05) is 6.92 Å². The first-order chi connectivity index (χ1) is 35.1. The van der Waals surface area contributed by atoms with Gasteiger partial charge in [0.1, 0.15) is 85.5 Å². The maximum Gasteiger partial charge on any atom is 0.315 e. The van der Waals surface area contributed by atoms with Crippen LogP contribution in [0.4, 0.5) is 0 Å². The molecular formula is C53H86O22. The quantitative estimate of drug-likeness (QED) is 0.0643. The van der Waals surface area contributed by atoms with Crippen LogP contribution in [0.5, 0.6) is 0 Å². The zero-order valence-corrected chi connectivity index (χ0v) is 44.2. The fourth-order valence-corrected chi connectivity index (χ4v) is 16.1. The standard InChI is InChI=1S/C53H86O22/c1-23-32(57)35(60)39(64)45(70-23)74-42-27(19-54)71-43(41(66)37(42)62)69-21-28-34(59)36(61)40(65)46(72-28)75-47(67)53-16-14-48(2,3)18-25(53)24-8-9-30-49(4)12-11-31(73-44-38(63)33(58)26(56)20-68-44)50(5,22-55)29(49)10-13-52(30,7)51(24,6)15-17-53/h8,23,25-46,54-66H,9-22H2,1-7H3/t23-,25-,26-,27+,28+,29?,30?,31-,32-,33-,34+,35+,36-,37+,38+,39+,40+,41+,42+,43+,44-,45-,46-,49-,50-,51+,52+,53-/m0/s1. The molecule has 4 saturated carbocycles. The van der Waals surface area contributed by atoms with Gasteiger partial charge >= 0.3 is 5.97 Å². The molecule has 4 aliphatic heterocycles. The van der Waals surface area contributed by atoms with Crippen molar-refractivity contribution >= 4 is 5.97 Å². The molecule has 75 heavy (non-hydrogen) atoms. The molecule has 22 heteroatoms. The van der Waals surface area contributed by atoms with Gasteiger partial charge in [0.15, 0.2) is 18.9 Å². The minimum Gasteiger partial charge on any atom is -0.432 e. The van der Waals surface area contributed by atoms with Crippen LogP contribution in [-0.2, 0) is 42.7 Å². The van der Waals surface area contributed by atoms with E-state index in [0.717, 1.165) is 25.7 Å². The predicted octanol–water partition coefficient (Wildman–Crippen LogP) is -1.40. The lowest BCUT2D eigenvalue weighted by molar-refractivity contribution is -0.361. The van der Waals surface area contributed by atoms with Crippen molar-refractivity contribution in [3.05, 3.63) is 11.6 Å². The average molecular weight is 1080 g/mol. The maximum atomic E-state index is 15.1. The van der Waals surface area contributed by atoms with Gasteiger partial charge in [-0.05, 0) is 111 Å². The number of hydrogen-bond donors (Lipinski definition) is 13. The number of allylic oxidation sites excluding steroid dienone is 2. The summed E-state index contributed by atoms with van der Waals surface area (Å²) in [6.07, 6.45) is -21.1. The first kappa shape index (κ1) is 58.1. The highest BCUT2D eigenvalue weighted by atomic mass is 16.8. The van der Waals surface area contributed by atoms with Gasteiger partial charge in [0.25, 0.3) is 0 Å². The van der Waals surface area contributed by atoms with Crippen LogP contribution < -0.4 is 0 Å². The molecule has 0 radical (unpaired) electrons. The maximum absolute atomic E-state index is 15.1. The lowest BCUT2D eigenvalue weighted by Gasteiger charge is -2.71. The predicted molar refractivity (Wildman–Crippen MR) is 257 cm³/mol. The zero-order valence-electron chi connectivity index (χ0n) is 44.2. The lowest BCUT2D eigenvalue weighted by atomic mass is 9.33. The highest BCUT2D eigenvalue weighted by Gasteiger charge is 2.70. The Balaban J connectivity index is 0.898. The summed E-state index contributed by atoms with van der Waals surface area (Å²) in [4.78, 5) is 15.1. The van der Waals surface area contributed by atoms with E-state index < -0.39 is 153 Å². The van der Waals surface area contributed by atoms with Crippen LogP contribution in [0.3, 0.4) is 0 Å². The van der Waals surface area contributed by atoms with Gasteiger partial charge in [0.2, 0.25) is 6.29 Å². The van der Waals surface area contributed by atoms with Gasteiger partial charge in [0.05, 0.1) is 44.1 Å². The Kier molecular flexibility index (Phi) is 16.3. The van der Waals surface area contributed by atoms with Gasteiger partial charge in [-0.15, -0.1) is 0 Å². The van der Waals surface area contributed by atoms with Crippen molar-refractivity contribution in [2.24, 2.45) is 50.2 Å². The smallest absolute Gasteiger partial charge is 0.315 e. The third kappa shape index (κ3) is 9.50. The third-order valence-corrected chi connectivity index (χ3v) is 21.1. The molecule has 4 heterocycles. The third-order valence-electron chi connectivity index (χ3n) is 21.1. The Morgan fingerprint density at radius 2 is 1.28 bits per heavy atom. The molecule has 4 saturated heterocycles. The highest BCUT2D eigenvalue weighted by molar-refractivity contribution is 5.79. The Morgan fingerprint density at radius 1 is 0.640 bits per heavy atom. The fourth-order valence-electron chi connectivity index (χ4n) is 16.1. The molecule has 0 aromatic heterocycles. The van der Waals surface area contributed by atoms with Crippen molar-refractivity contribution in [3.63, 3.8) is 0 Å². The molecule has 430 valence electrons. The van der Waals surface area contributed by atoms with E-state index in [-0.39, 0.29) is 52.6 Å². The fraction of sp³-hybridized carbons (Fsp3) is 0.943. The summed E-state index contributed by atoms with van der Waals surface area (Å²) in [5, 5.41) is 139. The van der Waals surface area contributed by atoms with Crippen LogP contribution in [0, 0.1) is 50.2 Å². The number of fused-ring (bicyclic) bond motifs is 7. The molecule has 0 bridgehead atoms. The summed E-state index contributed by atoms with van der Waals surface area (Å²) in [5.41, 5.74) is -1.46. The summed E-state index contributed by atoms with van der Waals surface area (Å²) >= 11 is 0. The molecule has 0 aromatic rings. The second kappa shape index (κ2) is 21.1. The van der Waals surface area contributed by atoms with Crippen molar-refractivity contribution in [3.8, 4) is 0 Å². The molecule has 8 fully saturated rings. The van der Waals surface area contributed by atoms with E-state index in [2.05, 4.69) is 40.7 Å². The van der Waals surface area contributed by atoms with Crippen molar-refractivity contribution in [2.75, 3.05) is 26.4 Å². The number of carbonyl (C=O) groups is 1. The number of hydrogen-bond acceptors (Lipinski definition) is 22. The Labute approximate surface area is 437 Å². The second-order valence-corrected chi connectivity index (χ2v) is 25.7. The van der Waals surface area contributed by atoms with Crippen molar-refractivity contribution in [2.45, 2.75) is 235 Å². The van der Waals surface area contributed by atoms with Crippen molar-refractivity contribution < 1.29 is 109 Å². The monoisotopic (exact) mass is 1070 g/mol. The summed E-state index contributed by atoms with van der Waals surface area (Å²) in [6, 6.07) is 0. The van der Waals surface area contributed by atoms with E-state index >= 15 is 4.79 Å². The van der Waals surface area contributed by atoms with E-state index in [4.69, 9.17) is 37.9 Å². The summed E-state index contributed by atoms with van der Waals surface area (Å²) < 4.78 is 47.0. The molecular weight excluding hydrogens is 989 g/mol. The zero-order chi connectivity index (χ0) is 54.7. The molecule has 28 atom stereocenters. The van der Waals surface area contributed by atoms with Gasteiger partial charge in [-0.25, -0.2) is 0 Å². The Hall–Kier alpha value is -1.59. The van der Waals surface area contributed by atoms with Crippen molar-refractivity contribution in [1.82, 2.24) is 0 Å². The molecule has 9 aliphatic rings. The van der Waals surface area contributed by atoms with Gasteiger partial charge in [-0.1, -0.05) is 53.2 Å². The highest BCUT2D eigenvalue weighted by Crippen LogP contribution is 2.76. The largest absolute Gasteiger partial charge is 0.432 e. The number of carbonyl (C=O) groups excluding carboxylic acids is 1. The van der Waals surface area contributed by atoms with Crippen LogP contribution in [-0.4, -0.2) is 222 Å². The average Bonchev–Trinajstić information content (AvgIpc) is 3.37. The number of ether oxygens (including phenoxy) is 8. The van der Waals surface area contributed by atoms with Gasteiger partial charge < -0.3 is 104 Å². The Bertz CT molecular complexity index is 2060. The molecule has 2 unspecified atom stereocenters. The van der Waals surface area contributed by atoms with Crippen LogP contribution in [0.2, 0.25) is 0 Å². The molecule has 9 rings (SSSR count). The minimum atomic E-state index is -1.87. The van der Waals surface area contributed by atoms with E-state index in [0.29, 0.717) is 38.5 Å². The first-order valence-corrected chi connectivity index (χ1v) is 27.3. The van der Waals surface area contributed by atoms with Crippen molar-refractivity contribution in [1.29, 1.82) is 0 Å². The number of esters is 1. The molecule has 0 amide bonds. The molecule has 22 nitrogen and oxygen atoms in total. The molecule has 0 aromatic carbocycles. The molecule has 13 N–H and O–H groups in total. The number of aliphatic hydroxyl groups excluding tert-OH is 13. The summed E-state index contributed by atoms with van der Waals surface area (Å²) in [5.74, 6) is -0.615. The second-order valence-electron chi connectivity index (χ2n) is 25.7. The van der Waals surface area contributed by atoms with E-state index in [9.17, 15) is 66.4 Å². The van der Waals surface area contributed by atoms with E-state index in [1.165, 1.54) is 12.5 Å². The van der Waals surface area contributed by atoms with E-state index in [1.54, 1.807) is 0 Å². The van der Waals surface area contributed by atoms with Gasteiger partial charge in [0, 0.05) is 5.41 Å². The van der Waals surface area contributed by atoms with Crippen LogP contribution >= 0.6 is 0 Å².